The van der Waals surface area contributed by atoms with E-state index in [1.54, 1.807) is 39.5 Å². The maximum atomic E-state index is 11.9. The molecule has 140 valence electrons. The predicted octanol–water partition coefficient (Wildman–Crippen LogP) is 3.05. The van der Waals surface area contributed by atoms with Crippen LogP contribution in [0.5, 0.6) is 17.2 Å². The largest absolute Gasteiger partial charge is 0.493 e. The zero-order valence-corrected chi connectivity index (χ0v) is 15.6. The fraction of sp³-hybridized carbons (Fsp3) is 0.526. The molecule has 0 radical (unpaired) electrons. The summed E-state index contributed by atoms with van der Waals surface area (Å²) in [5.74, 6) is 1.47. The van der Waals surface area contributed by atoms with Gasteiger partial charge in [0.2, 0.25) is 11.7 Å². The number of methoxy groups -OCH3 is 3. The van der Waals surface area contributed by atoms with Crippen molar-refractivity contribution < 1.29 is 23.7 Å². The second-order valence-electron chi connectivity index (χ2n) is 5.40. The van der Waals surface area contributed by atoms with Crippen LogP contribution in [0, 0.1) is 0 Å². The van der Waals surface area contributed by atoms with Crippen molar-refractivity contribution in [2.75, 3.05) is 41.1 Å². The summed E-state index contributed by atoms with van der Waals surface area (Å²) in [6, 6.07) is 3.57. The van der Waals surface area contributed by atoms with Gasteiger partial charge in [0.1, 0.15) is 0 Å². The van der Waals surface area contributed by atoms with E-state index in [9.17, 15) is 4.79 Å². The average molecular weight is 351 g/mol. The molecule has 6 nitrogen and oxygen atoms in total. The molecule has 1 aromatic rings. The van der Waals surface area contributed by atoms with Crippen molar-refractivity contribution in [3.8, 4) is 17.2 Å². The Balaban J connectivity index is 2.50. The Hall–Kier alpha value is -2.21. The van der Waals surface area contributed by atoms with E-state index in [2.05, 4.69) is 12.2 Å². The SMILES string of the molecule is CCCCOCCCNC(=O)/C=C/c1cc(OC)c(OC)c(OC)c1. The van der Waals surface area contributed by atoms with Gasteiger partial charge in [-0.05, 0) is 36.6 Å². The normalized spacial score (nSPS) is 10.7. The lowest BCUT2D eigenvalue weighted by molar-refractivity contribution is -0.116. The van der Waals surface area contributed by atoms with Gasteiger partial charge < -0.3 is 24.3 Å². The van der Waals surface area contributed by atoms with Crippen LogP contribution in [0.15, 0.2) is 18.2 Å². The topological polar surface area (TPSA) is 66.0 Å². The molecular weight excluding hydrogens is 322 g/mol. The summed E-state index contributed by atoms with van der Waals surface area (Å²) in [6.07, 6.45) is 6.19. The van der Waals surface area contributed by atoms with Gasteiger partial charge in [0, 0.05) is 25.8 Å². The van der Waals surface area contributed by atoms with Crippen molar-refractivity contribution in [3.63, 3.8) is 0 Å². The summed E-state index contributed by atoms with van der Waals surface area (Å²) in [6.45, 7) is 4.16. The Kier molecular flexibility index (Phi) is 10.2. The smallest absolute Gasteiger partial charge is 0.244 e. The molecule has 0 atom stereocenters. The number of hydrogen-bond donors (Lipinski definition) is 1. The molecule has 1 rings (SSSR count). The van der Waals surface area contributed by atoms with Gasteiger partial charge in [0.25, 0.3) is 0 Å². The summed E-state index contributed by atoms with van der Waals surface area (Å²) in [5.41, 5.74) is 0.785. The van der Waals surface area contributed by atoms with Crippen LogP contribution in [0.4, 0.5) is 0 Å². The van der Waals surface area contributed by atoms with Crippen LogP contribution in [-0.4, -0.2) is 47.0 Å². The first-order valence-corrected chi connectivity index (χ1v) is 8.49. The predicted molar refractivity (Wildman–Crippen MR) is 98.5 cm³/mol. The third kappa shape index (κ3) is 7.47. The molecule has 25 heavy (non-hydrogen) atoms. The number of benzene rings is 1. The summed E-state index contributed by atoms with van der Waals surface area (Å²) >= 11 is 0. The van der Waals surface area contributed by atoms with Gasteiger partial charge in [-0.2, -0.15) is 0 Å². The maximum Gasteiger partial charge on any atom is 0.244 e. The monoisotopic (exact) mass is 351 g/mol. The molecule has 0 spiro atoms. The van der Waals surface area contributed by atoms with Crippen molar-refractivity contribution in [3.05, 3.63) is 23.8 Å². The van der Waals surface area contributed by atoms with Crippen LogP contribution in [0.2, 0.25) is 0 Å². The van der Waals surface area contributed by atoms with Crippen molar-refractivity contribution >= 4 is 12.0 Å². The molecule has 1 amide bonds. The second kappa shape index (κ2) is 12.2. The fourth-order valence-corrected chi connectivity index (χ4v) is 2.16. The van der Waals surface area contributed by atoms with Gasteiger partial charge in [-0.15, -0.1) is 0 Å². The molecule has 0 aliphatic carbocycles. The van der Waals surface area contributed by atoms with Gasteiger partial charge in [-0.3, -0.25) is 4.79 Å². The highest BCUT2D eigenvalue weighted by Gasteiger charge is 2.12. The number of nitrogens with one attached hydrogen (secondary N) is 1. The first kappa shape index (κ1) is 20.8. The van der Waals surface area contributed by atoms with Crippen LogP contribution >= 0.6 is 0 Å². The minimum absolute atomic E-state index is 0.151. The second-order valence-corrected chi connectivity index (χ2v) is 5.40. The van der Waals surface area contributed by atoms with Crippen molar-refractivity contribution in [2.24, 2.45) is 0 Å². The van der Waals surface area contributed by atoms with Gasteiger partial charge >= 0.3 is 0 Å². The number of carbonyl (C=O) groups excluding carboxylic acids is 1. The van der Waals surface area contributed by atoms with Crippen LogP contribution in [0.3, 0.4) is 0 Å². The Morgan fingerprint density at radius 2 is 1.68 bits per heavy atom. The lowest BCUT2D eigenvalue weighted by Crippen LogP contribution is -2.23. The highest BCUT2D eigenvalue weighted by Crippen LogP contribution is 2.38. The zero-order valence-electron chi connectivity index (χ0n) is 15.6. The van der Waals surface area contributed by atoms with Gasteiger partial charge in [0.05, 0.1) is 21.3 Å². The average Bonchev–Trinajstić information content (AvgIpc) is 2.64. The molecule has 0 heterocycles. The standard InChI is InChI=1S/C19H29NO5/c1-5-6-11-25-12-7-10-20-18(21)9-8-15-13-16(22-2)19(24-4)17(14-15)23-3/h8-9,13-14H,5-7,10-12H2,1-4H3,(H,20,21)/b9-8+. The highest BCUT2D eigenvalue weighted by molar-refractivity contribution is 5.91. The van der Waals surface area contributed by atoms with E-state index in [4.69, 9.17) is 18.9 Å². The molecule has 0 saturated heterocycles. The molecule has 0 aromatic heterocycles. The molecule has 6 heteroatoms. The summed E-state index contributed by atoms with van der Waals surface area (Å²) in [4.78, 5) is 11.9. The Bertz CT molecular complexity index is 532. The van der Waals surface area contributed by atoms with E-state index in [1.165, 1.54) is 6.08 Å². The van der Waals surface area contributed by atoms with E-state index in [0.29, 0.717) is 30.4 Å². The number of unbranched alkanes of at least 4 members (excludes halogenated alkanes) is 1. The van der Waals surface area contributed by atoms with Crippen LogP contribution < -0.4 is 19.5 Å². The van der Waals surface area contributed by atoms with Gasteiger partial charge in [0.15, 0.2) is 11.5 Å². The lowest BCUT2D eigenvalue weighted by Gasteiger charge is -2.12. The summed E-state index contributed by atoms with van der Waals surface area (Å²) < 4.78 is 21.3. The molecule has 0 aliphatic rings. The minimum atomic E-state index is -0.151. The minimum Gasteiger partial charge on any atom is -0.493 e. The third-order valence-electron chi connectivity index (χ3n) is 3.52. The van der Waals surface area contributed by atoms with Crippen molar-refractivity contribution in [2.45, 2.75) is 26.2 Å². The number of hydrogen-bond acceptors (Lipinski definition) is 5. The molecule has 0 saturated carbocycles. The van der Waals surface area contributed by atoms with Gasteiger partial charge in [-0.1, -0.05) is 13.3 Å². The maximum absolute atomic E-state index is 11.9. The zero-order chi connectivity index (χ0) is 18.5. The number of amides is 1. The molecule has 0 bridgehead atoms. The van der Waals surface area contributed by atoms with E-state index < -0.39 is 0 Å². The first-order chi connectivity index (χ1) is 12.2. The van der Waals surface area contributed by atoms with Crippen LogP contribution in [0.1, 0.15) is 31.7 Å². The molecule has 0 unspecified atom stereocenters. The Morgan fingerprint density at radius 1 is 1.04 bits per heavy atom. The van der Waals surface area contributed by atoms with E-state index >= 15 is 0 Å². The molecule has 1 N–H and O–H groups in total. The van der Waals surface area contributed by atoms with E-state index in [0.717, 1.165) is 31.4 Å². The van der Waals surface area contributed by atoms with E-state index in [-0.39, 0.29) is 5.91 Å². The molecule has 1 aromatic carbocycles. The summed E-state index contributed by atoms with van der Waals surface area (Å²) in [5, 5.41) is 2.83. The van der Waals surface area contributed by atoms with E-state index in [1.807, 2.05) is 0 Å². The Labute approximate surface area is 150 Å². The number of carbonyl (C=O) groups is 1. The lowest BCUT2D eigenvalue weighted by atomic mass is 10.1. The quantitative estimate of drug-likeness (QED) is 0.463. The van der Waals surface area contributed by atoms with Gasteiger partial charge in [-0.25, -0.2) is 0 Å². The highest BCUT2D eigenvalue weighted by atomic mass is 16.5. The first-order valence-electron chi connectivity index (χ1n) is 8.49. The van der Waals surface area contributed by atoms with Crippen LogP contribution in [0.25, 0.3) is 6.08 Å². The Morgan fingerprint density at radius 3 is 2.24 bits per heavy atom. The summed E-state index contributed by atoms with van der Waals surface area (Å²) in [7, 11) is 4.66. The van der Waals surface area contributed by atoms with Crippen molar-refractivity contribution in [1.82, 2.24) is 5.32 Å². The number of ether oxygens (including phenoxy) is 4. The number of rotatable bonds is 12. The molecule has 0 aliphatic heterocycles. The van der Waals surface area contributed by atoms with Crippen molar-refractivity contribution in [1.29, 1.82) is 0 Å². The molecular formula is C19H29NO5. The van der Waals surface area contributed by atoms with Crippen LogP contribution in [-0.2, 0) is 9.53 Å². The molecule has 0 fully saturated rings. The fourth-order valence-electron chi connectivity index (χ4n) is 2.16. The third-order valence-corrected chi connectivity index (χ3v) is 3.52.